The van der Waals surface area contributed by atoms with Crippen LogP contribution in [0.25, 0.3) is 0 Å². The van der Waals surface area contributed by atoms with Gasteiger partial charge in [0.15, 0.2) is 0 Å². The second-order valence-corrected chi connectivity index (χ2v) is 2.30. The predicted molar refractivity (Wildman–Crippen MR) is 45.6 cm³/mol. The van der Waals surface area contributed by atoms with E-state index in [0.29, 0.717) is 6.42 Å². The third-order valence-electron chi connectivity index (χ3n) is 1.42. The van der Waals surface area contributed by atoms with Crippen molar-refractivity contribution in [1.82, 2.24) is 0 Å². The average Bonchev–Trinajstić information content (AvgIpc) is 2.09. The molecular weight excluding hydrogens is 157 g/mol. The normalized spacial score (nSPS) is 10.5. The quantitative estimate of drug-likeness (QED) is 0.498. The molecule has 0 saturated carbocycles. The summed E-state index contributed by atoms with van der Waals surface area (Å²) in [5.41, 5.74) is 1.01. The largest absolute Gasteiger partial charge is 0.399 e. The van der Waals surface area contributed by atoms with E-state index in [1.165, 1.54) is 19.2 Å². The minimum atomic E-state index is -0.220. The SMILES string of the molecule is CON=CCc1ccc(F)cc1. The lowest BCUT2D eigenvalue weighted by molar-refractivity contribution is 0.215. The van der Waals surface area contributed by atoms with Crippen LogP contribution in [0.1, 0.15) is 5.56 Å². The highest BCUT2D eigenvalue weighted by molar-refractivity contribution is 5.60. The van der Waals surface area contributed by atoms with Crippen molar-refractivity contribution in [3.63, 3.8) is 0 Å². The molecule has 0 radical (unpaired) electrons. The van der Waals surface area contributed by atoms with Crippen LogP contribution in [0.4, 0.5) is 4.39 Å². The van der Waals surface area contributed by atoms with Crippen molar-refractivity contribution in [2.24, 2.45) is 5.16 Å². The zero-order valence-electron chi connectivity index (χ0n) is 6.83. The van der Waals surface area contributed by atoms with Crippen LogP contribution in [0, 0.1) is 5.82 Å². The van der Waals surface area contributed by atoms with Gasteiger partial charge in [0, 0.05) is 12.6 Å². The van der Waals surface area contributed by atoms with Crippen LogP contribution in [0.3, 0.4) is 0 Å². The molecule has 1 aromatic carbocycles. The summed E-state index contributed by atoms with van der Waals surface area (Å²) >= 11 is 0. The van der Waals surface area contributed by atoms with E-state index in [4.69, 9.17) is 0 Å². The Morgan fingerprint density at radius 2 is 2.08 bits per heavy atom. The first kappa shape index (κ1) is 8.71. The van der Waals surface area contributed by atoms with Crippen LogP contribution in [-0.2, 0) is 11.3 Å². The monoisotopic (exact) mass is 167 g/mol. The highest BCUT2D eigenvalue weighted by Gasteiger charge is 1.90. The van der Waals surface area contributed by atoms with Gasteiger partial charge in [-0.3, -0.25) is 0 Å². The molecular formula is C9H10FNO. The molecule has 0 bridgehead atoms. The Balaban J connectivity index is 2.53. The van der Waals surface area contributed by atoms with Gasteiger partial charge in [-0.25, -0.2) is 4.39 Å². The number of hydrogen-bond donors (Lipinski definition) is 0. The molecule has 3 heteroatoms. The third kappa shape index (κ3) is 2.70. The maximum atomic E-state index is 12.4. The van der Waals surface area contributed by atoms with Gasteiger partial charge in [-0.05, 0) is 17.7 Å². The van der Waals surface area contributed by atoms with E-state index in [-0.39, 0.29) is 5.82 Å². The van der Waals surface area contributed by atoms with Gasteiger partial charge in [-0.15, -0.1) is 0 Å². The summed E-state index contributed by atoms with van der Waals surface area (Å²) in [6, 6.07) is 6.29. The molecule has 0 unspecified atom stereocenters. The van der Waals surface area contributed by atoms with Crippen LogP contribution < -0.4 is 0 Å². The molecule has 0 aromatic heterocycles. The summed E-state index contributed by atoms with van der Waals surface area (Å²) in [6.07, 6.45) is 2.29. The van der Waals surface area contributed by atoms with Gasteiger partial charge in [0.25, 0.3) is 0 Å². The van der Waals surface area contributed by atoms with E-state index < -0.39 is 0 Å². The molecule has 1 rings (SSSR count). The molecule has 0 aliphatic carbocycles. The highest BCUT2D eigenvalue weighted by Crippen LogP contribution is 2.01. The molecule has 2 nitrogen and oxygen atoms in total. The van der Waals surface area contributed by atoms with Gasteiger partial charge in [-0.2, -0.15) is 0 Å². The fourth-order valence-electron chi connectivity index (χ4n) is 0.838. The Bertz CT molecular complexity index is 256. The van der Waals surface area contributed by atoms with Crippen LogP contribution >= 0.6 is 0 Å². The smallest absolute Gasteiger partial charge is 0.123 e. The van der Waals surface area contributed by atoms with Crippen LogP contribution in [-0.4, -0.2) is 13.3 Å². The van der Waals surface area contributed by atoms with E-state index in [2.05, 4.69) is 9.99 Å². The van der Waals surface area contributed by atoms with E-state index >= 15 is 0 Å². The fraction of sp³-hybridized carbons (Fsp3) is 0.222. The number of benzene rings is 1. The molecule has 0 N–H and O–H groups in total. The third-order valence-corrected chi connectivity index (χ3v) is 1.42. The predicted octanol–water partition coefficient (Wildman–Crippen LogP) is 2.00. The van der Waals surface area contributed by atoms with Gasteiger partial charge < -0.3 is 4.84 Å². The summed E-state index contributed by atoms with van der Waals surface area (Å²) in [7, 11) is 1.49. The molecule has 64 valence electrons. The minimum absolute atomic E-state index is 0.220. The van der Waals surface area contributed by atoms with Gasteiger partial charge in [0.1, 0.15) is 12.9 Å². The number of oxime groups is 1. The van der Waals surface area contributed by atoms with Crippen molar-refractivity contribution in [3.8, 4) is 0 Å². The van der Waals surface area contributed by atoms with Crippen LogP contribution in [0.2, 0.25) is 0 Å². The molecule has 0 saturated heterocycles. The van der Waals surface area contributed by atoms with Crippen molar-refractivity contribution >= 4 is 6.21 Å². The number of hydrogen-bond acceptors (Lipinski definition) is 2. The standard InChI is InChI=1S/C9H10FNO/c1-12-11-7-6-8-2-4-9(10)5-3-8/h2-5,7H,6H2,1H3. The fourth-order valence-corrected chi connectivity index (χ4v) is 0.838. The van der Waals surface area contributed by atoms with Gasteiger partial charge in [0.05, 0.1) is 0 Å². The van der Waals surface area contributed by atoms with E-state index in [9.17, 15) is 4.39 Å². The number of nitrogens with zero attached hydrogens (tertiary/aromatic N) is 1. The topological polar surface area (TPSA) is 21.6 Å². The Morgan fingerprint density at radius 1 is 1.42 bits per heavy atom. The lowest BCUT2D eigenvalue weighted by Gasteiger charge is -1.94. The Morgan fingerprint density at radius 3 is 2.67 bits per heavy atom. The zero-order valence-corrected chi connectivity index (χ0v) is 6.83. The van der Waals surface area contributed by atoms with E-state index in [0.717, 1.165) is 5.56 Å². The van der Waals surface area contributed by atoms with Gasteiger partial charge in [-0.1, -0.05) is 17.3 Å². The Hall–Kier alpha value is -1.38. The number of rotatable bonds is 3. The summed E-state index contributed by atoms with van der Waals surface area (Å²) in [6.45, 7) is 0. The van der Waals surface area contributed by atoms with Crippen molar-refractivity contribution in [2.75, 3.05) is 7.11 Å². The summed E-state index contributed by atoms with van der Waals surface area (Å²) in [5.74, 6) is -0.220. The molecule has 0 aliphatic heterocycles. The average molecular weight is 167 g/mol. The van der Waals surface area contributed by atoms with Crippen molar-refractivity contribution in [2.45, 2.75) is 6.42 Å². The first-order chi connectivity index (χ1) is 5.83. The summed E-state index contributed by atoms with van der Waals surface area (Å²) in [5, 5.41) is 3.57. The minimum Gasteiger partial charge on any atom is -0.399 e. The van der Waals surface area contributed by atoms with Crippen LogP contribution in [0.15, 0.2) is 29.4 Å². The molecule has 0 heterocycles. The molecule has 0 atom stereocenters. The molecule has 0 fully saturated rings. The highest BCUT2D eigenvalue weighted by atomic mass is 19.1. The zero-order chi connectivity index (χ0) is 8.81. The molecule has 12 heavy (non-hydrogen) atoms. The second kappa shape index (κ2) is 4.49. The lowest BCUT2D eigenvalue weighted by atomic mass is 10.2. The second-order valence-electron chi connectivity index (χ2n) is 2.30. The molecule has 0 amide bonds. The summed E-state index contributed by atoms with van der Waals surface area (Å²) < 4.78 is 12.4. The Kier molecular flexibility index (Phi) is 3.26. The summed E-state index contributed by atoms with van der Waals surface area (Å²) in [4.78, 5) is 4.48. The lowest BCUT2D eigenvalue weighted by Crippen LogP contribution is -1.86. The molecule has 1 aromatic rings. The van der Waals surface area contributed by atoms with Crippen molar-refractivity contribution in [1.29, 1.82) is 0 Å². The Labute approximate surface area is 70.7 Å². The van der Waals surface area contributed by atoms with E-state index in [1.54, 1.807) is 18.3 Å². The maximum Gasteiger partial charge on any atom is 0.123 e. The van der Waals surface area contributed by atoms with Gasteiger partial charge >= 0.3 is 0 Å². The first-order valence-corrected chi connectivity index (χ1v) is 3.62. The van der Waals surface area contributed by atoms with Crippen LogP contribution in [0.5, 0.6) is 0 Å². The maximum absolute atomic E-state index is 12.4. The molecule has 0 spiro atoms. The van der Waals surface area contributed by atoms with Crippen molar-refractivity contribution in [3.05, 3.63) is 35.6 Å². The number of halogens is 1. The van der Waals surface area contributed by atoms with Crippen molar-refractivity contribution < 1.29 is 9.23 Å². The van der Waals surface area contributed by atoms with Gasteiger partial charge in [0.2, 0.25) is 0 Å². The molecule has 0 aliphatic rings. The van der Waals surface area contributed by atoms with E-state index in [1.807, 2.05) is 0 Å². The first-order valence-electron chi connectivity index (χ1n) is 3.62.